The average molecular weight is 387 g/mol. The van der Waals surface area contributed by atoms with Crippen molar-refractivity contribution in [2.75, 3.05) is 11.9 Å². The fourth-order valence-electron chi connectivity index (χ4n) is 1.64. The number of anilines is 1. The topological polar surface area (TPSA) is 128 Å². The van der Waals surface area contributed by atoms with E-state index in [1.807, 2.05) is 22.6 Å². The standard InChI is InChI=1S/C9H11FIN3O5/c10-9(18)5(16)4(2-15)19-7(9)13-6-3(11)1-12-8(17)14-6/h1,4-5,7,15-16,18H,2H2,(H2,12,13,14,17)/t4-,5-,7?,9+/m1/s1. The van der Waals surface area contributed by atoms with Gasteiger partial charge in [0.15, 0.2) is 6.23 Å². The summed E-state index contributed by atoms with van der Waals surface area (Å²) in [5, 5.41) is 30.2. The number of ether oxygens (including phenoxy) is 1. The zero-order valence-corrected chi connectivity index (χ0v) is 11.5. The molecule has 10 heteroatoms. The highest BCUT2D eigenvalue weighted by molar-refractivity contribution is 14.1. The smallest absolute Gasteiger partial charge is 0.346 e. The van der Waals surface area contributed by atoms with E-state index >= 15 is 0 Å². The number of H-pyrrole nitrogens is 1. The predicted octanol–water partition coefficient (Wildman–Crippen LogP) is -1.48. The van der Waals surface area contributed by atoms with E-state index in [4.69, 9.17) is 9.84 Å². The molecular weight excluding hydrogens is 376 g/mol. The number of hydrogen-bond acceptors (Lipinski definition) is 7. The van der Waals surface area contributed by atoms with E-state index in [0.717, 1.165) is 0 Å². The van der Waals surface area contributed by atoms with Gasteiger partial charge in [0, 0.05) is 6.20 Å². The van der Waals surface area contributed by atoms with Crippen LogP contribution in [0, 0.1) is 3.57 Å². The van der Waals surface area contributed by atoms with Crippen LogP contribution in [0.1, 0.15) is 0 Å². The lowest BCUT2D eigenvalue weighted by atomic mass is 10.1. The molecule has 1 unspecified atom stereocenters. The Morgan fingerprint density at radius 2 is 2.37 bits per heavy atom. The van der Waals surface area contributed by atoms with Crippen molar-refractivity contribution >= 4 is 28.4 Å². The van der Waals surface area contributed by atoms with E-state index in [0.29, 0.717) is 3.57 Å². The molecular formula is C9H11FIN3O5. The number of nitrogens with zero attached hydrogens (tertiary/aromatic N) is 1. The Balaban J connectivity index is 2.24. The second kappa shape index (κ2) is 5.28. The number of aliphatic hydroxyl groups is 3. The fraction of sp³-hybridized carbons (Fsp3) is 0.556. The Labute approximate surface area is 119 Å². The summed E-state index contributed by atoms with van der Waals surface area (Å²) >= 11 is 1.83. The van der Waals surface area contributed by atoms with Crippen molar-refractivity contribution in [2.45, 2.75) is 24.3 Å². The third-order valence-electron chi connectivity index (χ3n) is 2.66. The molecule has 2 rings (SSSR count). The maximum Gasteiger partial charge on any atom is 0.346 e. The first-order valence-electron chi connectivity index (χ1n) is 5.23. The zero-order chi connectivity index (χ0) is 14.2. The van der Waals surface area contributed by atoms with Gasteiger partial charge in [0.25, 0.3) is 5.85 Å². The maximum atomic E-state index is 13.9. The highest BCUT2D eigenvalue weighted by Gasteiger charge is 2.56. The number of rotatable bonds is 3. The van der Waals surface area contributed by atoms with Crippen molar-refractivity contribution in [3.63, 3.8) is 0 Å². The van der Waals surface area contributed by atoms with Crippen molar-refractivity contribution in [2.24, 2.45) is 0 Å². The van der Waals surface area contributed by atoms with Gasteiger partial charge in [0.1, 0.15) is 18.0 Å². The van der Waals surface area contributed by atoms with Crippen LogP contribution in [0.5, 0.6) is 0 Å². The second-order valence-corrected chi connectivity index (χ2v) is 5.12. The van der Waals surface area contributed by atoms with Crippen LogP contribution in [0.15, 0.2) is 11.0 Å². The van der Waals surface area contributed by atoms with Crippen LogP contribution in [0.3, 0.4) is 0 Å². The highest BCUT2D eigenvalue weighted by atomic mass is 127. The minimum absolute atomic E-state index is 0.00350. The number of hydrogen-bond donors (Lipinski definition) is 5. The molecule has 1 aromatic heterocycles. The number of halogens is 2. The van der Waals surface area contributed by atoms with Crippen LogP contribution in [-0.4, -0.2) is 56.2 Å². The van der Waals surface area contributed by atoms with Crippen molar-refractivity contribution < 1.29 is 24.4 Å². The molecule has 1 aliphatic rings. The monoisotopic (exact) mass is 387 g/mol. The van der Waals surface area contributed by atoms with Crippen LogP contribution in [0.2, 0.25) is 0 Å². The second-order valence-electron chi connectivity index (χ2n) is 3.96. The van der Waals surface area contributed by atoms with Crippen LogP contribution in [0.25, 0.3) is 0 Å². The summed E-state index contributed by atoms with van der Waals surface area (Å²) in [5.74, 6) is -3.11. The molecule has 0 aliphatic carbocycles. The van der Waals surface area contributed by atoms with Gasteiger partial charge in [-0.25, -0.2) is 9.18 Å². The molecule has 0 bridgehead atoms. The zero-order valence-electron chi connectivity index (χ0n) is 9.38. The molecule has 106 valence electrons. The molecule has 5 N–H and O–H groups in total. The molecule has 1 fully saturated rings. The lowest BCUT2D eigenvalue weighted by molar-refractivity contribution is -0.167. The molecule has 1 saturated heterocycles. The molecule has 1 aliphatic heterocycles. The lowest BCUT2D eigenvalue weighted by Crippen LogP contribution is -2.47. The van der Waals surface area contributed by atoms with Crippen molar-refractivity contribution in [1.29, 1.82) is 0 Å². The molecule has 1 aromatic rings. The first kappa shape index (κ1) is 14.6. The quantitative estimate of drug-likeness (QED) is 0.401. The van der Waals surface area contributed by atoms with E-state index in [-0.39, 0.29) is 5.82 Å². The van der Waals surface area contributed by atoms with Gasteiger partial charge in [-0.05, 0) is 22.6 Å². The number of nitrogens with one attached hydrogen (secondary N) is 2. The Morgan fingerprint density at radius 3 is 2.95 bits per heavy atom. The van der Waals surface area contributed by atoms with E-state index in [1.165, 1.54) is 6.20 Å². The summed E-state index contributed by atoms with van der Waals surface area (Å²) < 4.78 is 19.3. The molecule has 2 heterocycles. The Morgan fingerprint density at radius 1 is 1.68 bits per heavy atom. The molecule has 8 nitrogen and oxygen atoms in total. The van der Waals surface area contributed by atoms with Crippen LogP contribution in [0.4, 0.5) is 10.2 Å². The van der Waals surface area contributed by atoms with Gasteiger partial charge in [-0.3, -0.25) is 0 Å². The van der Waals surface area contributed by atoms with Crippen molar-refractivity contribution in [3.05, 3.63) is 20.3 Å². The SMILES string of the molecule is O=c1nc(NC2O[C@H](CO)[C@@H](O)[C@@]2(O)F)c(I)c[nH]1. The molecule has 0 saturated carbocycles. The lowest BCUT2D eigenvalue weighted by Gasteiger charge is -2.23. The molecule has 0 amide bonds. The van der Waals surface area contributed by atoms with E-state index in [1.54, 1.807) is 0 Å². The van der Waals surface area contributed by atoms with Gasteiger partial charge in [0.05, 0.1) is 10.2 Å². The summed E-state index contributed by atoms with van der Waals surface area (Å²) in [6.07, 6.45) is -3.49. The number of aliphatic hydroxyl groups excluding tert-OH is 2. The Bertz CT molecular complexity index is 525. The van der Waals surface area contributed by atoms with E-state index in [2.05, 4.69) is 15.3 Å². The van der Waals surface area contributed by atoms with Crippen LogP contribution in [-0.2, 0) is 4.74 Å². The fourth-order valence-corrected chi connectivity index (χ4v) is 2.08. The third-order valence-corrected chi connectivity index (χ3v) is 3.48. The van der Waals surface area contributed by atoms with Crippen LogP contribution >= 0.6 is 22.6 Å². The van der Waals surface area contributed by atoms with Gasteiger partial charge >= 0.3 is 5.69 Å². The van der Waals surface area contributed by atoms with Gasteiger partial charge in [-0.1, -0.05) is 0 Å². The molecule has 19 heavy (non-hydrogen) atoms. The van der Waals surface area contributed by atoms with Crippen molar-refractivity contribution in [1.82, 2.24) is 9.97 Å². The van der Waals surface area contributed by atoms with Gasteiger partial charge in [-0.2, -0.15) is 4.98 Å². The first-order chi connectivity index (χ1) is 8.86. The van der Waals surface area contributed by atoms with Gasteiger partial charge in [0.2, 0.25) is 0 Å². The summed E-state index contributed by atoms with van der Waals surface area (Å²) in [7, 11) is 0. The van der Waals surface area contributed by atoms with Crippen molar-refractivity contribution in [3.8, 4) is 0 Å². The van der Waals surface area contributed by atoms with Gasteiger partial charge in [-0.15, -0.1) is 0 Å². The summed E-state index contributed by atoms with van der Waals surface area (Å²) in [6, 6.07) is 0. The molecule has 4 atom stereocenters. The molecule has 0 aromatic carbocycles. The maximum absolute atomic E-state index is 13.9. The average Bonchev–Trinajstić information content (AvgIpc) is 2.57. The third kappa shape index (κ3) is 2.72. The summed E-state index contributed by atoms with van der Waals surface area (Å²) in [4.78, 5) is 16.9. The number of aromatic nitrogens is 2. The van der Waals surface area contributed by atoms with E-state index in [9.17, 15) is 19.4 Å². The number of alkyl halides is 1. The first-order valence-corrected chi connectivity index (χ1v) is 6.31. The Kier molecular flexibility index (Phi) is 4.06. The summed E-state index contributed by atoms with van der Waals surface area (Å²) in [5.41, 5.74) is -0.664. The van der Waals surface area contributed by atoms with Gasteiger partial charge < -0.3 is 30.4 Å². The Hall–Kier alpha value is -0.820. The summed E-state index contributed by atoms with van der Waals surface area (Å²) in [6.45, 7) is -0.661. The number of aromatic amines is 1. The molecule has 0 radical (unpaired) electrons. The van der Waals surface area contributed by atoms with E-state index < -0.39 is 36.6 Å². The highest BCUT2D eigenvalue weighted by Crippen LogP contribution is 2.33. The predicted molar refractivity (Wildman–Crippen MR) is 69.0 cm³/mol. The minimum Gasteiger partial charge on any atom is -0.394 e. The van der Waals surface area contributed by atoms with Crippen LogP contribution < -0.4 is 11.0 Å². The largest absolute Gasteiger partial charge is 0.394 e. The normalized spacial score (nSPS) is 34.5. The molecule has 0 spiro atoms. The minimum atomic E-state index is -3.11.